The molecule has 0 N–H and O–H groups in total. The van der Waals surface area contributed by atoms with E-state index in [1.165, 1.54) is 23.6 Å². The van der Waals surface area contributed by atoms with E-state index in [1.807, 2.05) is 0 Å². The summed E-state index contributed by atoms with van der Waals surface area (Å²) in [5, 5.41) is 1.48. The first-order chi connectivity index (χ1) is 11.9. The van der Waals surface area contributed by atoms with Crippen LogP contribution in [0.5, 0.6) is 0 Å². The van der Waals surface area contributed by atoms with E-state index in [4.69, 9.17) is 4.74 Å². The van der Waals surface area contributed by atoms with Crippen LogP contribution in [0.2, 0.25) is 17.1 Å². The Balaban J connectivity index is 1.91. The SMILES string of the molecule is Cc1ccc([Si](C[C@H]2O[C@H]3CCCC[C@@H]3[C@@H]2F)(C(C)C)C(C)C)cc1. The first-order valence-electron chi connectivity index (χ1n) is 10.2. The van der Waals surface area contributed by atoms with Gasteiger partial charge in [-0.2, -0.15) is 0 Å². The molecule has 1 aliphatic carbocycles. The highest BCUT2D eigenvalue weighted by Crippen LogP contribution is 2.45. The van der Waals surface area contributed by atoms with Gasteiger partial charge in [-0.15, -0.1) is 0 Å². The average Bonchev–Trinajstić information content (AvgIpc) is 2.89. The van der Waals surface area contributed by atoms with Gasteiger partial charge in [0.25, 0.3) is 0 Å². The lowest BCUT2D eigenvalue weighted by Crippen LogP contribution is -2.55. The van der Waals surface area contributed by atoms with Crippen molar-refractivity contribution in [2.24, 2.45) is 5.92 Å². The van der Waals surface area contributed by atoms with Gasteiger partial charge in [-0.25, -0.2) is 4.39 Å². The van der Waals surface area contributed by atoms with Crippen molar-refractivity contribution in [3.05, 3.63) is 29.8 Å². The van der Waals surface area contributed by atoms with Gasteiger partial charge in [0.2, 0.25) is 0 Å². The van der Waals surface area contributed by atoms with Gasteiger partial charge in [-0.1, -0.05) is 75.6 Å². The van der Waals surface area contributed by atoms with Crippen molar-refractivity contribution < 1.29 is 9.13 Å². The molecule has 1 saturated carbocycles. The van der Waals surface area contributed by atoms with Crippen molar-refractivity contribution in [2.45, 2.75) is 95.8 Å². The monoisotopic (exact) mass is 362 g/mol. The van der Waals surface area contributed by atoms with Crippen LogP contribution < -0.4 is 5.19 Å². The van der Waals surface area contributed by atoms with Crippen molar-refractivity contribution in [1.82, 2.24) is 0 Å². The Bertz CT molecular complexity index is 560. The molecule has 1 aromatic rings. The van der Waals surface area contributed by atoms with Gasteiger partial charge in [0.05, 0.1) is 20.3 Å². The molecule has 1 heterocycles. The number of rotatable bonds is 5. The second-order valence-electron chi connectivity index (χ2n) is 9.03. The fourth-order valence-electron chi connectivity index (χ4n) is 5.51. The third kappa shape index (κ3) is 3.47. The molecule has 2 aliphatic rings. The Morgan fingerprint density at radius 1 is 1.04 bits per heavy atom. The summed E-state index contributed by atoms with van der Waals surface area (Å²) in [6, 6.07) is 10.0. The number of alkyl halides is 1. The van der Waals surface area contributed by atoms with E-state index < -0.39 is 14.2 Å². The van der Waals surface area contributed by atoms with E-state index in [0.29, 0.717) is 11.1 Å². The second-order valence-corrected chi connectivity index (χ2v) is 14.4. The van der Waals surface area contributed by atoms with Gasteiger partial charge in [0, 0.05) is 5.92 Å². The Hall–Kier alpha value is -0.673. The van der Waals surface area contributed by atoms with E-state index in [9.17, 15) is 0 Å². The predicted octanol–water partition coefficient (Wildman–Crippen LogP) is 5.77. The van der Waals surface area contributed by atoms with E-state index in [0.717, 1.165) is 18.9 Å². The molecule has 1 aromatic carbocycles. The molecule has 2 fully saturated rings. The lowest BCUT2D eigenvalue weighted by atomic mass is 9.84. The molecule has 1 aliphatic heterocycles. The second kappa shape index (κ2) is 7.52. The molecule has 0 amide bonds. The fraction of sp³-hybridized carbons (Fsp3) is 0.727. The zero-order valence-corrected chi connectivity index (χ0v) is 17.6. The average molecular weight is 363 g/mol. The first kappa shape index (κ1) is 19.1. The van der Waals surface area contributed by atoms with Gasteiger partial charge in [0.15, 0.2) is 0 Å². The molecular weight excluding hydrogens is 327 g/mol. The molecule has 140 valence electrons. The van der Waals surface area contributed by atoms with Crippen LogP contribution in [0, 0.1) is 12.8 Å². The zero-order chi connectivity index (χ0) is 18.2. The molecular formula is C22H35FOSi. The predicted molar refractivity (Wildman–Crippen MR) is 107 cm³/mol. The summed E-state index contributed by atoms with van der Waals surface area (Å²) in [4.78, 5) is 0. The topological polar surface area (TPSA) is 9.23 Å². The first-order valence-corrected chi connectivity index (χ1v) is 12.6. The smallest absolute Gasteiger partial charge is 0.131 e. The molecule has 0 bridgehead atoms. The Labute approximate surface area is 154 Å². The molecule has 4 atom stereocenters. The molecule has 1 saturated heterocycles. The minimum absolute atomic E-state index is 0.155. The number of fused-ring (bicyclic) bond motifs is 1. The maximum Gasteiger partial charge on any atom is 0.131 e. The van der Waals surface area contributed by atoms with E-state index in [1.54, 1.807) is 0 Å². The van der Waals surface area contributed by atoms with Crippen molar-refractivity contribution in [2.75, 3.05) is 0 Å². The maximum atomic E-state index is 15.3. The van der Waals surface area contributed by atoms with Gasteiger partial charge in [-0.05, 0) is 36.9 Å². The summed E-state index contributed by atoms with van der Waals surface area (Å²) in [6.45, 7) is 11.5. The van der Waals surface area contributed by atoms with Crippen LogP contribution in [-0.4, -0.2) is 26.5 Å². The number of hydrogen-bond donors (Lipinski definition) is 0. The Kier molecular flexibility index (Phi) is 5.74. The van der Waals surface area contributed by atoms with E-state index in [-0.39, 0.29) is 18.1 Å². The lowest BCUT2D eigenvalue weighted by Gasteiger charge is -2.42. The molecule has 0 spiro atoms. The molecule has 25 heavy (non-hydrogen) atoms. The third-order valence-electron chi connectivity index (χ3n) is 7.06. The molecule has 3 heteroatoms. The van der Waals surface area contributed by atoms with Gasteiger partial charge < -0.3 is 4.74 Å². The number of benzene rings is 1. The highest BCUT2D eigenvalue weighted by molar-refractivity contribution is 6.94. The summed E-state index contributed by atoms with van der Waals surface area (Å²) in [5.74, 6) is 0.155. The van der Waals surface area contributed by atoms with Crippen LogP contribution in [-0.2, 0) is 4.74 Å². The minimum atomic E-state index is -1.89. The van der Waals surface area contributed by atoms with Crippen LogP contribution in [0.4, 0.5) is 4.39 Å². The molecule has 0 radical (unpaired) electrons. The van der Waals surface area contributed by atoms with Crippen LogP contribution in [0.25, 0.3) is 0 Å². The number of ether oxygens (including phenoxy) is 1. The molecule has 3 rings (SSSR count). The summed E-state index contributed by atoms with van der Waals surface area (Å²) < 4.78 is 21.6. The minimum Gasteiger partial charge on any atom is -0.372 e. The lowest BCUT2D eigenvalue weighted by molar-refractivity contribution is 0.0223. The quantitative estimate of drug-likeness (QED) is 0.605. The van der Waals surface area contributed by atoms with E-state index in [2.05, 4.69) is 58.9 Å². The normalized spacial score (nSPS) is 30.1. The Morgan fingerprint density at radius 3 is 2.20 bits per heavy atom. The van der Waals surface area contributed by atoms with Crippen LogP contribution in [0.3, 0.4) is 0 Å². The molecule has 0 unspecified atom stereocenters. The highest BCUT2D eigenvalue weighted by Gasteiger charge is 2.51. The molecule has 0 aromatic heterocycles. The van der Waals surface area contributed by atoms with Crippen LogP contribution in [0.1, 0.15) is 58.9 Å². The van der Waals surface area contributed by atoms with Crippen molar-refractivity contribution in [3.63, 3.8) is 0 Å². The van der Waals surface area contributed by atoms with Crippen molar-refractivity contribution >= 4 is 13.3 Å². The van der Waals surface area contributed by atoms with Gasteiger partial charge in [-0.3, -0.25) is 0 Å². The maximum absolute atomic E-state index is 15.3. The summed E-state index contributed by atoms with van der Waals surface area (Å²) in [6.07, 6.45) is 3.68. The molecule has 1 nitrogen and oxygen atoms in total. The van der Waals surface area contributed by atoms with Crippen LogP contribution in [0.15, 0.2) is 24.3 Å². The van der Waals surface area contributed by atoms with Crippen molar-refractivity contribution in [3.8, 4) is 0 Å². The summed E-state index contributed by atoms with van der Waals surface area (Å²) in [7, 11) is -1.89. The number of aryl methyl sites for hydroxylation is 1. The standard InChI is InChI=1S/C22H35FOSi/c1-15(2)25(16(3)4,18-12-10-17(5)11-13-18)14-21-22(23)19-8-6-7-9-20(19)24-21/h10-13,15-16,19-22H,6-9,14H2,1-5H3/t19-,20-,21+,22-/m0/s1. The van der Waals surface area contributed by atoms with Gasteiger partial charge in [0.1, 0.15) is 6.17 Å². The van der Waals surface area contributed by atoms with Crippen molar-refractivity contribution in [1.29, 1.82) is 0 Å². The number of halogens is 1. The highest BCUT2D eigenvalue weighted by atomic mass is 28.3. The Morgan fingerprint density at radius 2 is 1.64 bits per heavy atom. The summed E-state index contributed by atoms with van der Waals surface area (Å²) in [5.41, 5.74) is 2.45. The third-order valence-corrected chi connectivity index (χ3v) is 13.7. The summed E-state index contributed by atoms with van der Waals surface area (Å²) >= 11 is 0. The largest absolute Gasteiger partial charge is 0.372 e. The number of hydrogen-bond acceptors (Lipinski definition) is 1. The van der Waals surface area contributed by atoms with Crippen LogP contribution >= 0.6 is 0 Å². The zero-order valence-electron chi connectivity index (χ0n) is 16.6. The van der Waals surface area contributed by atoms with Gasteiger partial charge >= 0.3 is 0 Å². The fourth-order valence-corrected chi connectivity index (χ4v) is 11.1. The van der Waals surface area contributed by atoms with E-state index >= 15 is 4.39 Å².